The minimum absolute atomic E-state index is 0.133. The maximum absolute atomic E-state index is 12.7. The van der Waals surface area contributed by atoms with Gasteiger partial charge in [0.25, 0.3) is 0 Å². The fraction of sp³-hybridized carbons (Fsp3) is 0.0476. The van der Waals surface area contributed by atoms with Gasteiger partial charge in [-0.15, -0.1) is 0 Å². The van der Waals surface area contributed by atoms with Crippen molar-refractivity contribution < 1.29 is 14.3 Å². The molecule has 0 aromatic heterocycles. The Morgan fingerprint density at radius 1 is 0.760 bits per heavy atom. The van der Waals surface area contributed by atoms with Gasteiger partial charge in [-0.3, -0.25) is 4.79 Å². The van der Waals surface area contributed by atoms with Gasteiger partial charge in [0.2, 0.25) is 0 Å². The van der Waals surface area contributed by atoms with Gasteiger partial charge >= 0.3 is 5.97 Å². The van der Waals surface area contributed by atoms with Crippen LogP contribution in [-0.4, -0.2) is 11.8 Å². The van der Waals surface area contributed by atoms with Gasteiger partial charge in [-0.05, 0) is 12.1 Å². The third-order valence-electron chi connectivity index (χ3n) is 3.74. The van der Waals surface area contributed by atoms with Crippen LogP contribution in [0.25, 0.3) is 0 Å². The molecule has 0 fully saturated rings. The summed E-state index contributed by atoms with van der Waals surface area (Å²) in [6.07, 6.45) is 0. The molecule has 0 unspecified atom stereocenters. The predicted molar refractivity (Wildman–Crippen MR) is 99.6 cm³/mol. The SMILES string of the molecule is O=C(OCc1ccccc1Br)c1ccccc1C(=O)c1ccccc1. The first-order valence-corrected chi connectivity index (χ1v) is 8.55. The van der Waals surface area contributed by atoms with Crippen LogP contribution in [-0.2, 0) is 11.3 Å². The second-order valence-corrected chi connectivity index (χ2v) is 6.26. The van der Waals surface area contributed by atoms with E-state index in [0.717, 1.165) is 10.0 Å². The summed E-state index contributed by atoms with van der Waals surface area (Å²) in [5.41, 5.74) is 2.01. The standard InChI is InChI=1S/C21H15BrO3/c22-19-13-7-4-10-16(19)14-25-21(24)18-12-6-5-11-17(18)20(23)15-8-2-1-3-9-15/h1-13H,14H2. The van der Waals surface area contributed by atoms with Gasteiger partial charge < -0.3 is 4.74 Å². The Kier molecular flexibility index (Phi) is 5.41. The monoisotopic (exact) mass is 394 g/mol. The number of esters is 1. The van der Waals surface area contributed by atoms with Gasteiger partial charge in [0.05, 0.1) is 5.56 Å². The number of hydrogen-bond acceptors (Lipinski definition) is 3. The lowest BCUT2D eigenvalue weighted by atomic mass is 9.98. The van der Waals surface area contributed by atoms with Crippen LogP contribution in [0.1, 0.15) is 31.8 Å². The summed E-state index contributed by atoms with van der Waals surface area (Å²) in [5.74, 6) is -0.718. The first-order chi connectivity index (χ1) is 12.2. The van der Waals surface area contributed by atoms with E-state index < -0.39 is 5.97 Å². The summed E-state index contributed by atoms with van der Waals surface area (Å²) >= 11 is 3.43. The van der Waals surface area contributed by atoms with Gasteiger partial charge in [0, 0.05) is 21.2 Å². The normalized spacial score (nSPS) is 10.3. The van der Waals surface area contributed by atoms with Crippen molar-refractivity contribution in [2.75, 3.05) is 0 Å². The van der Waals surface area contributed by atoms with Crippen molar-refractivity contribution in [1.29, 1.82) is 0 Å². The number of ketones is 1. The Bertz CT molecular complexity index is 904. The van der Waals surface area contributed by atoms with E-state index in [1.54, 1.807) is 48.5 Å². The van der Waals surface area contributed by atoms with E-state index in [4.69, 9.17) is 4.74 Å². The van der Waals surface area contributed by atoms with E-state index in [0.29, 0.717) is 11.1 Å². The van der Waals surface area contributed by atoms with Crippen LogP contribution in [0.15, 0.2) is 83.3 Å². The van der Waals surface area contributed by atoms with E-state index in [9.17, 15) is 9.59 Å². The zero-order chi connectivity index (χ0) is 17.6. The molecule has 0 aliphatic rings. The van der Waals surface area contributed by atoms with E-state index >= 15 is 0 Å². The second-order valence-electron chi connectivity index (χ2n) is 5.41. The molecule has 3 aromatic carbocycles. The van der Waals surface area contributed by atoms with Crippen LogP contribution in [0, 0.1) is 0 Å². The average Bonchev–Trinajstić information content (AvgIpc) is 2.67. The zero-order valence-corrected chi connectivity index (χ0v) is 14.9. The molecule has 4 heteroatoms. The van der Waals surface area contributed by atoms with Crippen LogP contribution in [0.4, 0.5) is 0 Å². The predicted octanol–water partition coefficient (Wildman–Crippen LogP) is 5.04. The van der Waals surface area contributed by atoms with Gasteiger partial charge in [-0.1, -0.05) is 82.7 Å². The minimum atomic E-state index is -0.518. The molecule has 3 rings (SSSR count). The third kappa shape index (κ3) is 4.03. The van der Waals surface area contributed by atoms with E-state index in [1.165, 1.54) is 0 Å². The molecule has 0 aliphatic carbocycles. The molecule has 0 amide bonds. The first kappa shape index (κ1) is 17.1. The van der Waals surface area contributed by atoms with Crippen LogP contribution in [0.5, 0.6) is 0 Å². The lowest BCUT2D eigenvalue weighted by molar-refractivity contribution is 0.0469. The highest BCUT2D eigenvalue weighted by molar-refractivity contribution is 9.10. The Labute approximate surface area is 154 Å². The highest BCUT2D eigenvalue weighted by Gasteiger charge is 2.19. The lowest BCUT2D eigenvalue weighted by Gasteiger charge is -2.10. The zero-order valence-electron chi connectivity index (χ0n) is 13.3. The van der Waals surface area contributed by atoms with Gasteiger partial charge in [-0.25, -0.2) is 4.79 Å². The minimum Gasteiger partial charge on any atom is -0.457 e. The Hall–Kier alpha value is -2.72. The summed E-state index contributed by atoms with van der Waals surface area (Å²) in [4.78, 5) is 25.2. The summed E-state index contributed by atoms with van der Waals surface area (Å²) in [6.45, 7) is 0.133. The molecule has 0 aliphatic heterocycles. The average molecular weight is 395 g/mol. The highest BCUT2D eigenvalue weighted by Crippen LogP contribution is 2.19. The molecular weight excluding hydrogens is 380 g/mol. The highest BCUT2D eigenvalue weighted by atomic mass is 79.9. The van der Waals surface area contributed by atoms with Crippen molar-refractivity contribution in [1.82, 2.24) is 0 Å². The van der Waals surface area contributed by atoms with Crippen molar-refractivity contribution in [3.8, 4) is 0 Å². The van der Waals surface area contributed by atoms with Crippen molar-refractivity contribution >= 4 is 27.7 Å². The van der Waals surface area contributed by atoms with Crippen molar-refractivity contribution in [2.45, 2.75) is 6.61 Å². The second kappa shape index (κ2) is 7.90. The molecule has 3 aromatic rings. The first-order valence-electron chi connectivity index (χ1n) is 7.76. The van der Waals surface area contributed by atoms with Crippen molar-refractivity contribution in [2.24, 2.45) is 0 Å². The fourth-order valence-corrected chi connectivity index (χ4v) is 2.84. The summed E-state index contributed by atoms with van der Waals surface area (Å²) in [7, 11) is 0. The number of halogens is 1. The number of ether oxygens (including phenoxy) is 1. The summed E-state index contributed by atoms with van der Waals surface area (Å²) < 4.78 is 6.27. The van der Waals surface area contributed by atoms with E-state index in [1.807, 2.05) is 30.3 Å². The van der Waals surface area contributed by atoms with Gasteiger partial charge in [-0.2, -0.15) is 0 Å². The number of carbonyl (C=O) groups is 2. The Morgan fingerprint density at radius 2 is 1.36 bits per heavy atom. The smallest absolute Gasteiger partial charge is 0.339 e. The number of rotatable bonds is 5. The molecule has 0 N–H and O–H groups in total. The van der Waals surface area contributed by atoms with Crippen molar-refractivity contribution in [3.63, 3.8) is 0 Å². The number of hydrogen-bond donors (Lipinski definition) is 0. The molecule has 0 bridgehead atoms. The summed E-state index contributed by atoms with van der Waals surface area (Å²) in [5, 5.41) is 0. The molecule has 0 radical (unpaired) electrons. The molecule has 25 heavy (non-hydrogen) atoms. The maximum atomic E-state index is 12.7. The van der Waals surface area contributed by atoms with Crippen molar-refractivity contribution in [3.05, 3.63) is 106 Å². The van der Waals surface area contributed by atoms with Crippen LogP contribution < -0.4 is 0 Å². The van der Waals surface area contributed by atoms with Gasteiger partial charge in [0.1, 0.15) is 6.61 Å². The number of benzene rings is 3. The molecule has 0 heterocycles. The molecule has 0 saturated carbocycles. The quantitative estimate of drug-likeness (QED) is 0.449. The molecule has 0 saturated heterocycles. The van der Waals surface area contributed by atoms with Crippen LogP contribution in [0.2, 0.25) is 0 Å². The molecular formula is C21H15BrO3. The van der Waals surface area contributed by atoms with E-state index in [-0.39, 0.29) is 18.0 Å². The molecule has 124 valence electrons. The summed E-state index contributed by atoms with van der Waals surface area (Å²) in [6, 6.07) is 23.1. The Morgan fingerprint density at radius 3 is 2.08 bits per heavy atom. The molecule has 0 spiro atoms. The topological polar surface area (TPSA) is 43.4 Å². The lowest BCUT2D eigenvalue weighted by Crippen LogP contribution is -2.12. The Balaban J connectivity index is 1.82. The maximum Gasteiger partial charge on any atom is 0.339 e. The molecule has 3 nitrogen and oxygen atoms in total. The van der Waals surface area contributed by atoms with E-state index in [2.05, 4.69) is 15.9 Å². The largest absolute Gasteiger partial charge is 0.457 e. The van der Waals surface area contributed by atoms with Crippen LogP contribution in [0.3, 0.4) is 0 Å². The van der Waals surface area contributed by atoms with Crippen LogP contribution >= 0.6 is 15.9 Å². The third-order valence-corrected chi connectivity index (χ3v) is 4.52. The van der Waals surface area contributed by atoms with Gasteiger partial charge in [0.15, 0.2) is 5.78 Å². The number of carbonyl (C=O) groups excluding carboxylic acids is 2. The molecule has 0 atom stereocenters. The fourth-order valence-electron chi connectivity index (χ4n) is 2.44.